The van der Waals surface area contributed by atoms with Crippen LogP contribution in [0.5, 0.6) is 5.75 Å². The van der Waals surface area contributed by atoms with E-state index in [-0.39, 0.29) is 16.7 Å². The number of unbranched alkanes of at least 4 members (excludes halogenated alkanes) is 1. The van der Waals surface area contributed by atoms with Crippen LogP contribution in [0.3, 0.4) is 0 Å². The molecule has 0 radical (unpaired) electrons. The summed E-state index contributed by atoms with van der Waals surface area (Å²) < 4.78 is 45.1. The molecule has 114 valence electrons. The van der Waals surface area contributed by atoms with Gasteiger partial charge in [-0.2, -0.15) is 13.2 Å². The lowest BCUT2D eigenvalue weighted by Crippen LogP contribution is -2.22. The van der Waals surface area contributed by atoms with Crippen LogP contribution in [0.2, 0.25) is 0 Å². The van der Waals surface area contributed by atoms with E-state index in [4.69, 9.17) is 4.74 Å². The van der Waals surface area contributed by atoms with E-state index in [1.165, 1.54) is 13.3 Å². The molecule has 0 amide bonds. The van der Waals surface area contributed by atoms with Gasteiger partial charge in [-0.1, -0.05) is 19.4 Å². The van der Waals surface area contributed by atoms with Gasteiger partial charge in [0.1, 0.15) is 5.75 Å². The zero-order valence-electron chi connectivity index (χ0n) is 11.8. The molecule has 2 rings (SSSR count). The summed E-state index contributed by atoms with van der Waals surface area (Å²) in [5.74, 6) is -1.57. The van der Waals surface area contributed by atoms with Gasteiger partial charge in [-0.3, -0.25) is 4.79 Å². The number of nitrogens with zero attached hydrogens (tertiary/aromatic N) is 1. The third-order valence-electron chi connectivity index (χ3n) is 3.34. The van der Waals surface area contributed by atoms with E-state index >= 15 is 0 Å². The Labute approximate surface area is 120 Å². The highest BCUT2D eigenvalue weighted by Gasteiger charge is 2.41. The zero-order chi connectivity index (χ0) is 15.6. The molecule has 0 N–H and O–H groups in total. The lowest BCUT2D eigenvalue weighted by atomic mass is 10.1. The molecule has 0 saturated heterocycles. The predicted octanol–water partition coefficient (Wildman–Crippen LogP) is 4.20. The van der Waals surface area contributed by atoms with Crippen molar-refractivity contribution < 1.29 is 22.7 Å². The number of hydrogen-bond acceptors (Lipinski definition) is 2. The van der Waals surface area contributed by atoms with Crippen LogP contribution in [-0.2, 0) is 6.54 Å². The molecule has 0 aliphatic heterocycles. The molecule has 0 aliphatic rings. The van der Waals surface area contributed by atoms with Crippen molar-refractivity contribution in [1.29, 1.82) is 0 Å². The summed E-state index contributed by atoms with van der Waals surface area (Å²) in [5.41, 5.74) is 0.224. The number of methoxy groups -OCH3 is 1. The summed E-state index contributed by atoms with van der Waals surface area (Å²) in [5, 5.41) is 0.221. The highest BCUT2D eigenvalue weighted by molar-refractivity contribution is 6.12. The molecule has 0 fully saturated rings. The van der Waals surface area contributed by atoms with Gasteiger partial charge < -0.3 is 9.30 Å². The van der Waals surface area contributed by atoms with Gasteiger partial charge in [0, 0.05) is 12.7 Å². The third-order valence-corrected chi connectivity index (χ3v) is 3.34. The van der Waals surface area contributed by atoms with Gasteiger partial charge in [-0.25, -0.2) is 0 Å². The van der Waals surface area contributed by atoms with Crippen molar-refractivity contribution >= 4 is 16.7 Å². The van der Waals surface area contributed by atoms with E-state index < -0.39 is 12.0 Å². The number of carbonyl (C=O) groups excluding carboxylic acids is 1. The molecule has 6 heteroatoms. The number of ether oxygens (including phenoxy) is 1. The van der Waals surface area contributed by atoms with Crippen molar-refractivity contribution in [2.45, 2.75) is 32.5 Å². The lowest BCUT2D eigenvalue weighted by molar-refractivity contribution is -0.0884. The fourth-order valence-electron chi connectivity index (χ4n) is 2.33. The molecule has 0 bridgehead atoms. The average Bonchev–Trinajstić information content (AvgIpc) is 2.82. The maximum absolute atomic E-state index is 12.8. The molecule has 0 saturated carbocycles. The largest absolute Gasteiger partial charge is 0.496 e. The first kappa shape index (κ1) is 15.4. The normalized spacial score (nSPS) is 11.9. The number of Topliss-reactive ketones (excluding diaryl/α,β-unsaturated/α-hetero) is 1. The van der Waals surface area contributed by atoms with E-state index in [1.807, 2.05) is 6.92 Å². The molecule has 0 unspecified atom stereocenters. The van der Waals surface area contributed by atoms with Crippen molar-refractivity contribution in [2.75, 3.05) is 7.11 Å². The number of alkyl halides is 3. The maximum atomic E-state index is 12.8. The first-order chi connectivity index (χ1) is 9.90. The van der Waals surface area contributed by atoms with E-state index in [0.29, 0.717) is 12.1 Å². The van der Waals surface area contributed by atoms with E-state index in [9.17, 15) is 18.0 Å². The minimum Gasteiger partial charge on any atom is -0.496 e. The van der Waals surface area contributed by atoms with Crippen LogP contribution in [0.4, 0.5) is 13.2 Å². The van der Waals surface area contributed by atoms with E-state index in [2.05, 4.69) is 0 Å². The highest BCUT2D eigenvalue weighted by Crippen LogP contribution is 2.34. The summed E-state index contributed by atoms with van der Waals surface area (Å²) in [4.78, 5) is 11.6. The molecule has 2 aromatic rings. The number of aromatic nitrogens is 1. The van der Waals surface area contributed by atoms with Gasteiger partial charge in [0.25, 0.3) is 5.78 Å². The first-order valence-corrected chi connectivity index (χ1v) is 6.67. The van der Waals surface area contributed by atoms with Crippen LogP contribution in [0, 0.1) is 0 Å². The summed E-state index contributed by atoms with van der Waals surface area (Å²) in [7, 11) is 1.38. The average molecular weight is 299 g/mol. The fraction of sp³-hybridized carbons (Fsp3) is 0.400. The molecular formula is C15H16F3NO2. The molecule has 1 aromatic heterocycles. The number of ketones is 1. The Morgan fingerprint density at radius 3 is 2.62 bits per heavy atom. The Bertz CT molecular complexity index is 659. The minimum atomic E-state index is -4.90. The molecule has 0 atom stereocenters. The first-order valence-electron chi connectivity index (χ1n) is 6.67. The Balaban J connectivity index is 2.66. The minimum absolute atomic E-state index is 0.221. The summed E-state index contributed by atoms with van der Waals surface area (Å²) in [6.45, 7) is 2.55. The third kappa shape index (κ3) is 2.89. The van der Waals surface area contributed by atoms with Gasteiger partial charge >= 0.3 is 6.18 Å². The van der Waals surface area contributed by atoms with Crippen LogP contribution in [0.1, 0.15) is 30.1 Å². The standard InChI is InChI=1S/C15H16F3NO2/c1-3-4-8-19-9-10(14(20)15(16,17)18)13-11(19)6-5-7-12(13)21-2/h5-7,9H,3-4,8H2,1-2H3. The number of hydrogen-bond donors (Lipinski definition) is 0. The van der Waals surface area contributed by atoms with Gasteiger partial charge in [-0.05, 0) is 18.6 Å². The van der Waals surface area contributed by atoms with Crippen molar-refractivity contribution in [2.24, 2.45) is 0 Å². The van der Waals surface area contributed by atoms with E-state index in [1.54, 1.807) is 22.8 Å². The quantitative estimate of drug-likeness (QED) is 0.775. The number of fused-ring (bicyclic) bond motifs is 1. The Morgan fingerprint density at radius 1 is 1.33 bits per heavy atom. The zero-order valence-corrected chi connectivity index (χ0v) is 11.8. The highest BCUT2D eigenvalue weighted by atomic mass is 19.4. The van der Waals surface area contributed by atoms with Crippen molar-refractivity contribution in [3.63, 3.8) is 0 Å². The predicted molar refractivity (Wildman–Crippen MR) is 73.8 cm³/mol. The summed E-state index contributed by atoms with van der Waals surface area (Å²) in [6.07, 6.45) is -1.89. The monoisotopic (exact) mass is 299 g/mol. The van der Waals surface area contributed by atoms with Crippen molar-refractivity contribution in [1.82, 2.24) is 4.57 Å². The lowest BCUT2D eigenvalue weighted by Gasteiger charge is -2.07. The van der Waals surface area contributed by atoms with Gasteiger partial charge in [0.15, 0.2) is 0 Å². The van der Waals surface area contributed by atoms with Gasteiger partial charge in [-0.15, -0.1) is 0 Å². The molecule has 0 aliphatic carbocycles. The fourth-order valence-corrected chi connectivity index (χ4v) is 2.33. The SMILES string of the molecule is CCCCn1cc(C(=O)C(F)(F)F)c2c(OC)cccc21. The van der Waals surface area contributed by atoms with E-state index in [0.717, 1.165) is 12.8 Å². The number of halogens is 3. The van der Waals surface area contributed by atoms with Crippen LogP contribution in [0.15, 0.2) is 24.4 Å². The second-order valence-electron chi connectivity index (χ2n) is 4.77. The topological polar surface area (TPSA) is 31.2 Å². The molecule has 1 aromatic carbocycles. The molecule has 21 heavy (non-hydrogen) atoms. The van der Waals surface area contributed by atoms with Crippen LogP contribution in [0.25, 0.3) is 10.9 Å². The van der Waals surface area contributed by atoms with Crippen LogP contribution >= 0.6 is 0 Å². The number of aryl methyl sites for hydroxylation is 1. The van der Waals surface area contributed by atoms with Gasteiger partial charge in [0.05, 0.1) is 23.6 Å². The van der Waals surface area contributed by atoms with Crippen LogP contribution < -0.4 is 4.74 Å². The van der Waals surface area contributed by atoms with Crippen molar-refractivity contribution in [3.8, 4) is 5.75 Å². The summed E-state index contributed by atoms with van der Waals surface area (Å²) >= 11 is 0. The Hall–Kier alpha value is -1.98. The molecular weight excluding hydrogens is 283 g/mol. The molecule has 1 heterocycles. The van der Waals surface area contributed by atoms with Gasteiger partial charge in [0.2, 0.25) is 0 Å². The summed E-state index contributed by atoms with van der Waals surface area (Å²) in [6, 6.07) is 4.95. The number of rotatable bonds is 5. The van der Waals surface area contributed by atoms with Crippen LogP contribution in [-0.4, -0.2) is 23.6 Å². The number of benzene rings is 1. The smallest absolute Gasteiger partial charge is 0.454 e. The Morgan fingerprint density at radius 2 is 2.05 bits per heavy atom. The second kappa shape index (κ2) is 5.79. The Kier molecular flexibility index (Phi) is 4.25. The molecule has 0 spiro atoms. The maximum Gasteiger partial charge on any atom is 0.454 e. The van der Waals surface area contributed by atoms with Crippen molar-refractivity contribution in [3.05, 3.63) is 30.0 Å². The number of carbonyl (C=O) groups is 1. The molecule has 3 nitrogen and oxygen atoms in total. The second-order valence-corrected chi connectivity index (χ2v) is 4.77.